The van der Waals surface area contributed by atoms with Gasteiger partial charge in [0.15, 0.2) is 29.3 Å². The number of ether oxygens (including phenoxy) is 2. The first kappa shape index (κ1) is 23.6. The van der Waals surface area contributed by atoms with Gasteiger partial charge in [-0.1, -0.05) is 32.4 Å². The van der Waals surface area contributed by atoms with Crippen LogP contribution in [0.5, 0.6) is 11.5 Å². The number of pyridine rings is 1. The van der Waals surface area contributed by atoms with Crippen LogP contribution in [0, 0.1) is 0 Å². The minimum atomic E-state index is -0.894. The van der Waals surface area contributed by atoms with E-state index >= 15 is 0 Å². The van der Waals surface area contributed by atoms with Crippen molar-refractivity contribution < 1.29 is 14.6 Å². The second kappa shape index (κ2) is 8.68. The van der Waals surface area contributed by atoms with E-state index < -0.39 is 6.29 Å². The average Bonchev–Trinajstić information content (AvgIpc) is 3.63. The lowest BCUT2D eigenvalue weighted by molar-refractivity contribution is -0.0809. The molecule has 1 fully saturated rings. The Kier molecular flexibility index (Phi) is 5.55. The maximum atomic E-state index is 10.3. The fourth-order valence-electron chi connectivity index (χ4n) is 4.49. The smallest absolute Gasteiger partial charge is 0.210 e. The second-order valence-electron chi connectivity index (χ2n) is 9.97. The highest BCUT2D eigenvalue weighted by atomic mass is 35.5. The average molecular weight is 524 g/mol. The summed E-state index contributed by atoms with van der Waals surface area (Å²) >= 11 is 6.76. The Bertz CT molecular complexity index is 1620. The number of aromatic nitrogens is 8. The lowest BCUT2D eigenvalue weighted by Gasteiger charge is -2.24. The lowest BCUT2D eigenvalue weighted by Crippen LogP contribution is -2.26. The van der Waals surface area contributed by atoms with Crippen LogP contribution >= 0.6 is 11.6 Å². The highest BCUT2D eigenvalue weighted by Crippen LogP contribution is 2.37. The molecule has 0 radical (unpaired) electrons. The number of rotatable bonds is 5. The molecule has 13 heteroatoms. The molecular weight excluding hydrogens is 498 g/mol. The van der Waals surface area contributed by atoms with Crippen LogP contribution in [0.25, 0.3) is 16.7 Å². The van der Waals surface area contributed by atoms with E-state index in [0.717, 1.165) is 5.69 Å². The van der Waals surface area contributed by atoms with Gasteiger partial charge >= 0.3 is 0 Å². The summed E-state index contributed by atoms with van der Waals surface area (Å²) in [7, 11) is 1.84. The molecule has 0 aliphatic carbocycles. The minimum Gasteiger partial charge on any atom is -0.450 e. The van der Waals surface area contributed by atoms with Crippen LogP contribution in [0.1, 0.15) is 38.9 Å². The van der Waals surface area contributed by atoms with Crippen LogP contribution < -0.4 is 10.1 Å². The van der Waals surface area contributed by atoms with Crippen molar-refractivity contribution in [2.24, 2.45) is 7.05 Å². The van der Waals surface area contributed by atoms with Crippen molar-refractivity contribution in [3.05, 3.63) is 47.8 Å². The standard InChI is InChI=1S/C24H26ClN9O3/c1-24(2,3)17-9-18(31-34(17)13-5-8-36-22(13)35)29-23-30-21-20(32(23)4)19(25)16(11-27-21)37-15-12-28-33-7-6-26-10-14(15)33/h6-7,9-13,22,35H,5,8H2,1-4H3,(H,27,29,30,31)/t13-,22-/m0/s1. The SMILES string of the molecule is Cn1c(Nc2cc(C(C)(C)C)n([C@H]3CCO[C@@H]3O)n2)nc2ncc(Oc3cnn4ccncc34)c(Cl)c21. The Morgan fingerprint density at radius 3 is 2.81 bits per heavy atom. The number of hydrogen-bond donors (Lipinski definition) is 2. The molecule has 0 saturated carbocycles. The Hall–Kier alpha value is -3.74. The van der Waals surface area contributed by atoms with Gasteiger partial charge in [-0.3, -0.25) is 9.67 Å². The fraction of sp³-hybridized carbons (Fsp3) is 0.375. The van der Waals surface area contributed by atoms with Crippen molar-refractivity contribution >= 4 is 40.0 Å². The molecule has 0 amide bonds. The van der Waals surface area contributed by atoms with E-state index in [2.05, 4.69) is 46.1 Å². The van der Waals surface area contributed by atoms with E-state index in [1.54, 1.807) is 33.9 Å². The number of nitrogens with one attached hydrogen (secondary N) is 1. The highest BCUT2D eigenvalue weighted by Gasteiger charge is 2.33. The number of nitrogens with zero attached hydrogens (tertiary/aromatic N) is 8. The van der Waals surface area contributed by atoms with Crippen molar-refractivity contribution in [1.29, 1.82) is 0 Å². The van der Waals surface area contributed by atoms with Crippen molar-refractivity contribution in [3.8, 4) is 11.5 Å². The first-order valence-corrected chi connectivity index (χ1v) is 12.2. The molecule has 1 aliphatic rings. The van der Waals surface area contributed by atoms with Gasteiger partial charge in [-0.2, -0.15) is 15.2 Å². The van der Waals surface area contributed by atoms with Crippen LogP contribution in [0.3, 0.4) is 0 Å². The van der Waals surface area contributed by atoms with Gasteiger partial charge in [-0.25, -0.2) is 9.50 Å². The summed E-state index contributed by atoms with van der Waals surface area (Å²) in [6.45, 7) is 6.80. The quantitative estimate of drug-likeness (QED) is 0.351. The van der Waals surface area contributed by atoms with E-state index in [1.165, 1.54) is 6.20 Å². The molecule has 0 spiro atoms. The second-order valence-corrected chi connectivity index (χ2v) is 10.3. The third-order valence-electron chi connectivity index (χ3n) is 6.40. The van der Waals surface area contributed by atoms with Crippen LogP contribution in [0.15, 0.2) is 37.1 Å². The van der Waals surface area contributed by atoms with Gasteiger partial charge < -0.3 is 24.5 Å². The zero-order chi connectivity index (χ0) is 25.9. The summed E-state index contributed by atoms with van der Waals surface area (Å²) in [5.41, 5.74) is 2.53. The van der Waals surface area contributed by atoms with Crippen molar-refractivity contribution in [2.45, 2.75) is 44.9 Å². The summed E-state index contributed by atoms with van der Waals surface area (Å²) in [4.78, 5) is 13.2. The number of anilines is 2. The number of aliphatic hydroxyl groups excluding tert-OH is 1. The van der Waals surface area contributed by atoms with Gasteiger partial charge in [-0.15, -0.1) is 0 Å². The number of halogens is 1. The highest BCUT2D eigenvalue weighted by molar-refractivity contribution is 6.36. The normalized spacial score (nSPS) is 18.2. The maximum Gasteiger partial charge on any atom is 0.210 e. The molecule has 192 valence electrons. The summed E-state index contributed by atoms with van der Waals surface area (Å²) < 4.78 is 16.7. The topological polar surface area (TPSA) is 129 Å². The molecule has 37 heavy (non-hydrogen) atoms. The zero-order valence-corrected chi connectivity index (χ0v) is 21.5. The molecule has 6 heterocycles. The largest absolute Gasteiger partial charge is 0.450 e. The van der Waals surface area contributed by atoms with Crippen molar-refractivity contribution in [1.82, 2.24) is 38.9 Å². The van der Waals surface area contributed by atoms with E-state index in [9.17, 15) is 5.11 Å². The Balaban J connectivity index is 1.34. The van der Waals surface area contributed by atoms with Crippen LogP contribution in [0.4, 0.5) is 11.8 Å². The van der Waals surface area contributed by atoms with Crippen LogP contribution in [0.2, 0.25) is 5.02 Å². The van der Waals surface area contributed by atoms with E-state index in [4.69, 9.17) is 26.2 Å². The molecule has 0 aromatic carbocycles. The van der Waals surface area contributed by atoms with Crippen LogP contribution in [-0.4, -0.2) is 56.9 Å². The Morgan fingerprint density at radius 2 is 2.05 bits per heavy atom. The molecule has 1 saturated heterocycles. The predicted octanol–water partition coefficient (Wildman–Crippen LogP) is 3.97. The maximum absolute atomic E-state index is 10.3. The third-order valence-corrected chi connectivity index (χ3v) is 6.77. The third kappa shape index (κ3) is 4.06. The van der Waals surface area contributed by atoms with Crippen LogP contribution in [-0.2, 0) is 17.2 Å². The van der Waals surface area contributed by atoms with Crippen molar-refractivity contribution in [2.75, 3.05) is 11.9 Å². The van der Waals surface area contributed by atoms with Gasteiger partial charge in [0.25, 0.3) is 0 Å². The van der Waals surface area contributed by atoms with Gasteiger partial charge in [-0.05, 0) is 6.42 Å². The molecule has 0 unspecified atom stereocenters. The van der Waals surface area contributed by atoms with E-state index in [1.807, 2.05) is 17.8 Å². The van der Waals surface area contributed by atoms with Gasteiger partial charge in [0.1, 0.15) is 22.1 Å². The number of aliphatic hydroxyl groups is 1. The molecule has 1 aliphatic heterocycles. The number of fused-ring (bicyclic) bond motifs is 2. The Labute approximate surface area is 216 Å². The molecule has 6 rings (SSSR count). The summed E-state index contributed by atoms with van der Waals surface area (Å²) in [5, 5.41) is 23.0. The first-order chi connectivity index (χ1) is 17.7. The summed E-state index contributed by atoms with van der Waals surface area (Å²) in [6, 6.07) is 1.71. The summed E-state index contributed by atoms with van der Waals surface area (Å²) in [6.07, 6.45) is 7.97. The predicted molar refractivity (Wildman–Crippen MR) is 136 cm³/mol. The van der Waals surface area contributed by atoms with Gasteiger partial charge in [0.05, 0.1) is 25.2 Å². The minimum absolute atomic E-state index is 0.202. The van der Waals surface area contributed by atoms with E-state index in [-0.39, 0.29) is 11.5 Å². The fourth-order valence-corrected chi connectivity index (χ4v) is 4.79. The zero-order valence-electron chi connectivity index (χ0n) is 20.8. The monoisotopic (exact) mass is 523 g/mol. The molecule has 2 N–H and O–H groups in total. The lowest BCUT2D eigenvalue weighted by atomic mass is 9.91. The number of hydrogen-bond acceptors (Lipinski definition) is 9. The summed E-state index contributed by atoms with van der Waals surface area (Å²) in [5.74, 6) is 1.98. The molecule has 2 atom stereocenters. The van der Waals surface area contributed by atoms with Crippen molar-refractivity contribution in [3.63, 3.8) is 0 Å². The molecular formula is C24H26ClN9O3. The van der Waals surface area contributed by atoms with E-state index in [0.29, 0.717) is 58.0 Å². The first-order valence-electron chi connectivity index (χ1n) is 11.8. The van der Waals surface area contributed by atoms with Gasteiger partial charge in [0, 0.05) is 36.6 Å². The molecule has 12 nitrogen and oxygen atoms in total. The number of aryl methyl sites for hydroxylation is 1. The molecule has 0 bridgehead atoms. The van der Waals surface area contributed by atoms with Gasteiger partial charge in [0.2, 0.25) is 5.95 Å². The Morgan fingerprint density at radius 1 is 1.22 bits per heavy atom. The number of imidazole rings is 1. The molecule has 5 aromatic rings. The molecule has 5 aromatic heterocycles.